The van der Waals surface area contributed by atoms with E-state index in [9.17, 15) is 0 Å². The number of hydrogen-bond acceptors (Lipinski definition) is 4. The van der Waals surface area contributed by atoms with Gasteiger partial charge in [-0.2, -0.15) is 24.3 Å². The molecule has 0 N–H and O–H groups in total. The molecule has 0 fully saturated rings. The summed E-state index contributed by atoms with van der Waals surface area (Å²) < 4.78 is 8.22. The van der Waals surface area contributed by atoms with E-state index in [4.69, 9.17) is 14.7 Å². The van der Waals surface area contributed by atoms with Crippen LogP contribution in [0.3, 0.4) is 0 Å². The molecule has 0 saturated carbocycles. The Labute approximate surface area is 255 Å². The maximum atomic E-state index is 6.14. The second kappa shape index (κ2) is 10.9. The first-order valence-electron chi connectivity index (χ1n) is 13.5. The summed E-state index contributed by atoms with van der Waals surface area (Å²) in [7, 11) is 0. The molecule has 6 aromatic rings. The third-order valence-electron chi connectivity index (χ3n) is 7.16. The Morgan fingerprint density at radius 2 is 1.39 bits per heavy atom. The molecule has 0 radical (unpaired) electrons. The van der Waals surface area contributed by atoms with E-state index in [0.717, 1.165) is 44.1 Å². The minimum atomic E-state index is -0.0227. The minimum absolute atomic E-state index is 0. The number of aromatic nitrogens is 4. The van der Waals surface area contributed by atoms with Gasteiger partial charge in [-0.1, -0.05) is 65.1 Å². The predicted octanol–water partition coefficient (Wildman–Crippen LogP) is 8.62. The van der Waals surface area contributed by atoms with Gasteiger partial charge < -0.3 is 4.74 Å². The van der Waals surface area contributed by atoms with E-state index in [1.165, 1.54) is 0 Å². The summed E-state index contributed by atoms with van der Waals surface area (Å²) in [4.78, 5) is 14.0. The first kappa shape index (κ1) is 28.7. The summed E-state index contributed by atoms with van der Waals surface area (Å²) >= 11 is 0. The summed E-state index contributed by atoms with van der Waals surface area (Å²) in [6.07, 6.45) is 5.63. The number of nitrogens with zero attached hydrogens (tertiary/aromatic N) is 4. The zero-order valence-corrected chi connectivity index (χ0v) is 26.4. The van der Waals surface area contributed by atoms with Crippen molar-refractivity contribution in [1.82, 2.24) is 19.5 Å². The molecular formula is C35H32N4OPt. The SMILES string of the molecule is CC(C)(C)c1cnc(-n2c3[c-]c(-c4[c-]c(Oc5cc(C(C)(C)C)ccn5)ccc4)ccc3c3ccccc32)nc1.[Pt+2]. The van der Waals surface area contributed by atoms with Crippen LogP contribution in [0.4, 0.5) is 0 Å². The molecule has 6 rings (SSSR count). The van der Waals surface area contributed by atoms with Crippen LogP contribution in [0.25, 0.3) is 38.9 Å². The number of pyridine rings is 1. The Morgan fingerprint density at radius 3 is 2.12 bits per heavy atom. The van der Waals surface area contributed by atoms with Gasteiger partial charge in [0, 0.05) is 35.9 Å². The molecule has 0 aliphatic heterocycles. The van der Waals surface area contributed by atoms with Crippen molar-refractivity contribution < 1.29 is 25.8 Å². The summed E-state index contributed by atoms with van der Waals surface area (Å²) in [5.74, 6) is 1.78. The second-order valence-corrected chi connectivity index (χ2v) is 12.2. The van der Waals surface area contributed by atoms with Gasteiger partial charge in [-0.15, -0.1) is 18.2 Å². The van der Waals surface area contributed by atoms with Crippen molar-refractivity contribution in [2.75, 3.05) is 0 Å². The minimum Gasteiger partial charge on any atom is -0.460 e. The molecule has 41 heavy (non-hydrogen) atoms. The fourth-order valence-electron chi connectivity index (χ4n) is 4.79. The molecule has 6 heteroatoms. The van der Waals surface area contributed by atoms with Crippen molar-refractivity contribution in [3.63, 3.8) is 0 Å². The van der Waals surface area contributed by atoms with Gasteiger partial charge in [-0.3, -0.25) is 4.57 Å². The van der Waals surface area contributed by atoms with Gasteiger partial charge in [0.2, 0.25) is 11.8 Å². The van der Waals surface area contributed by atoms with Crippen molar-refractivity contribution in [2.24, 2.45) is 0 Å². The zero-order valence-electron chi connectivity index (χ0n) is 24.1. The van der Waals surface area contributed by atoms with Gasteiger partial charge in [0.15, 0.2) is 0 Å². The topological polar surface area (TPSA) is 52.8 Å². The van der Waals surface area contributed by atoms with E-state index in [2.05, 4.69) is 93.6 Å². The van der Waals surface area contributed by atoms with Crippen molar-refractivity contribution in [2.45, 2.75) is 52.4 Å². The maximum absolute atomic E-state index is 6.14. The number of fused-ring (bicyclic) bond motifs is 3. The van der Waals surface area contributed by atoms with E-state index >= 15 is 0 Å². The Morgan fingerprint density at radius 1 is 0.683 bits per heavy atom. The van der Waals surface area contributed by atoms with Crippen molar-refractivity contribution in [3.05, 3.63) is 109 Å². The summed E-state index contributed by atoms with van der Waals surface area (Å²) in [5.41, 5.74) is 5.99. The molecule has 3 aromatic carbocycles. The van der Waals surface area contributed by atoms with E-state index in [-0.39, 0.29) is 31.9 Å². The molecule has 0 saturated heterocycles. The molecule has 5 nitrogen and oxygen atoms in total. The maximum Gasteiger partial charge on any atom is 2.00 e. The number of benzene rings is 3. The average Bonchev–Trinajstić information content (AvgIpc) is 3.26. The van der Waals surface area contributed by atoms with E-state index in [0.29, 0.717) is 17.6 Å². The van der Waals surface area contributed by atoms with Gasteiger partial charge in [0.05, 0.1) is 0 Å². The molecule has 0 unspecified atom stereocenters. The normalized spacial score (nSPS) is 12.0. The van der Waals surface area contributed by atoms with Gasteiger partial charge in [0.1, 0.15) is 0 Å². The van der Waals surface area contributed by atoms with Crippen molar-refractivity contribution >= 4 is 21.8 Å². The smallest absolute Gasteiger partial charge is 0.460 e. The fourth-order valence-corrected chi connectivity index (χ4v) is 4.79. The van der Waals surface area contributed by atoms with E-state index < -0.39 is 0 Å². The molecule has 3 heterocycles. The first-order valence-corrected chi connectivity index (χ1v) is 13.5. The Bertz CT molecular complexity index is 1840. The molecule has 0 aliphatic carbocycles. The van der Waals surface area contributed by atoms with E-state index in [1.807, 2.05) is 48.8 Å². The van der Waals surface area contributed by atoms with Crippen molar-refractivity contribution in [3.8, 4) is 28.7 Å². The van der Waals surface area contributed by atoms with Crippen molar-refractivity contribution in [1.29, 1.82) is 0 Å². The summed E-state index contributed by atoms with van der Waals surface area (Å²) in [5, 5.41) is 2.23. The largest absolute Gasteiger partial charge is 2.00 e. The third kappa shape index (κ3) is 5.69. The van der Waals surface area contributed by atoms with Crippen LogP contribution in [0.2, 0.25) is 0 Å². The Kier molecular flexibility index (Phi) is 7.61. The molecule has 0 aliphatic rings. The summed E-state index contributed by atoms with van der Waals surface area (Å²) in [6.45, 7) is 13.0. The van der Waals surface area contributed by atoms with Crippen LogP contribution >= 0.6 is 0 Å². The number of para-hydroxylation sites is 1. The van der Waals surface area contributed by atoms with Crippen LogP contribution in [0.15, 0.2) is 85.3 Å². The monoisotopic (exact) mass is 719 g/mol. The Hall–Kier alpha value is -3.82. The molecule has 0 bridgehead atoms. The Balaban J connectivity index is 0.00000337. The second-order valence-electron chi connectivity index (χ2n) is 12.2. The number of ether oxygens (including phenoxy) is 1. The molecule has 0 spiro atoms. The van der Waals surface area contributed by atoms with Crippen LogP contribution < -0.4 is 4.74 Å². The average molecular weight is 720 g/mol. The third-order valence-corrected chi connectivity index (χ3v) is 7.16. The number of hydrogen-bond donors (Lipinski definition) is 0. The van der Waals surface area contributed by atoms with Crippen LogP contribution in [0.5, 0.6) is 11.6 Å². The van der Waals surface area contributed by atoms with Gasteiger partial charge in [0.25, 0.3) is 0 Å². The zero-order chi connectivity index (χ0) is 28.1. The molecule has 208 valence electrons. The number of rotatable bonds is 4. The van der Waals surface area contributed by atoms with Crippen LogP contribution in [-0.2, 0) is 31.9 Å². The molecular weight excluding hydrogens is 687 g/mol. The summed E-state index contributed by atoms with van der Waals surface area (Å²) in [6, 6.07) is 29.5. The molecule has 3 aromatic heterocycles. The van der Waals surface area contributed by atoms with Gasteiger partial charge in [-0.05, 0) is 45.0 Å². The standard InChI is InChI=1S/C35H32N4O.Pt/c1-34(2,3)25-16-17-36-32(20-25)40-27-11-9-10-23(18-27)24-14-15-29-28-12-7-8-13-30(28)39(31(29)19-24)33-37-21-26(22-38-33)35(4,5)6;/h7-17,20-22H,1-6H3;/q-2;+2. The van der Waals surface area contributed by atoms with E-state index in [1.54, 1.807) is 6.20 Å². The first-order chi connectivity index (χ1) is 19.1. The predicted molar refractivity (Wildman–Crippen MR) is 161 cm³/mol. The van der Waals surface area contributed by atoms with Crippen LogP contribution in [0, 0.1) is 12.1 Å². The van der Waals surface area contributed by atoms with Gasteiger partial charge in [-0.25, -0.2) is 26.1 Å². The molecule has 0 amide bonds. The molecule has 0 atom stereocenters. The quantitative estimate of drug-likeness (QED) is 0.171. The van der Waals surface area contributed by atoms with Gasteiger partial charge >= 0.3 is 21.1 Å². The fraction of sp³-hybridized carbons (Fsp3) is 0.229. The van der Waals surface area contributed by atoms with Crippen LogP contribution in [0.1, 0.15) is 52.7 Å². The van der Waals surface area contributed by atoms with Crippen LogP contribution in [-0.4, -0.2) is 19.5 Å².